The summed E-state index contributed by atoms with van der Waals surface area (Å²) < 4.78 is 10.4. The van der Waals surface area contributed by atoms with Gasteiger partial charge >= 0.3 is 0 Å². The number of rotatable bonds is 2. The average Bonchev–Trinajstić information content (AvgIpc) is 2.64. The first-order valence-electron chi connectivity index (χ1n) is 4.73. The minimum absolute atomic E-state index is 0.263. The van der Waals surface area contributed by atoms with Crippen molar-refractivity contribution >= 4 is 11.1 Å². The second-order valence-electron chi connectivity index (χ2n) is 3.75. The van der Waals surface area contributed by atoms with Crippen LogP contribution in [0.2, 0.25) is 0 Å². The van der Waals surface area contributed by atoms with E-state index in [2.05, 4.69) is 10.4 Å². The maximum atomic E-state index is 5.54. The first-order chi connectivity index (χ1) is 7.34. The van der Waals surface area contributed by atoms with E-state index in [4.69, 9.17) is 15.0 Å². The van der Waals surface area contributed by atoms with Crippen LogP contribution in [0.3, 0.4) is 0 Å². The fourth-order valence-electron chi connectivity index (χ4n) is 1.79. The van der Waals surface area contributed by atoms with Crippen molar-refractivity contribution in [3.63, 3.8) is 0 Å². The molecule has 0 atom stereocenters. The normalized spacial score (nSPS) is 19.0. The number of fused-ring (bicyclic) bond motifs is 1. The molecule has 1 fully saturated rings. The first-order valence-corrected chi connectivity index (χ1v) is 4.73. The van der Waals surface area contributed by atoms with Crippen LogP contribution in [0, 0.1) is 0 Å². The summed E-state index contributed by atoms with van der Waals surface area (Å²) in [7, 11) is 0. The molecule has 2 heterocycles. The highest BCUT2D eigenvalue weighted by atomic mass is 16.5. The quantitative estimate of drug-likeness (QED) is 0.552. The fourth-order valence-corrected chi connectivity index (χ4v) is 1.79. The van der Waals surface area contributed by atoms with Crippen LogP contribution in [0.15, 0.2) is 29.0 Å². The molecular formula is C10H11N3O2. The van der Waals surface area contributed by atoms with Gasteiger partial charge in [0.05, 0.1) is 13.2 Å². The Hall–Kier alpha value is -1.43. The summed E-state index contributed by atoms with van der Waals surface area (Å²) in [6.07, 6.45) is 1.44. The molecule has 78 valence electrons. The number of ether oxygens (including phenoxy) is 1. The molecule has 1 aliphatic heterocycles. The summed E-state index contributed by atoms with van der Waals surface area (Å²) >= 11 is 0. The zero-order chi connectivity index (χ0) is 10.3. The van der Waals surface area contributed by atoms with Gasteiger partial charge in [-0.25, -0.2) is 10.4 Å². The van der Waals surface area contributed by atoms with Crippen molar-refractivity contribution in [2.45, 2.75) is 5.54 Å². The van der Waals surface area contributed by atoms with Crippen LogP contribution in [-0.2, 0) is 10.3 Å². The number of hydrazine groups is 1. The monoisotopic (exact) mass is 205 g/mol. The summed E-state index contributed by atoms with van der Waals surface area (Å²) in [6, 6.07) is 5.86. The standard InChI is InChI=1S/C10H11N3O2/c11-13-10(4-14-5-10)7-1-2-8-9(3-7)15-6-12-8/h1-3,6,13H,4-5,11H2. The zero-order valence-corrected chi connectivity index (χ0v) is 8.06. The molecular weight excluding hydrogens is 194 g/mol. The van der Waals surface area contributed by atoms with Gasteiger partial charge in [0.1, 0.15) is 11.1 Å². The molecule has 1 aromatic heterocycles. The third kappa shape index (κ3) is 1.18. The maximum Gasteiger partial charge on any atom is 0.181 e. The molecule has 0 amide bonds. The predicted molar refractivity (Wildman–Crippen MR) is 53.8 cm³/mol. The van der Waals surface area contributed by atoms with Gasteiger partial charge in [-0.05, 0) is 17.7 Å². The van der Waals surface area contributed by atoms with Crippen LogP contribution in [0.25, 0.3) is 11.1 Å². The van der Waals surface area contributed by atoms with Crippen LogP contribution < -0.4 is 11.3 Å². The number of nitrogens with two attached hydrogens (primary N) is 1. The molecule has 5 nitrogen and oxygen atoms in total. The Morgan fingerprint density at radius 3 is 2.93 bits per heavy atom. The lowest BCUT2D eigenvalue weighted by Gasteiger charge is -2.41. The summed E-state index contributed by atoms with van der Waals surface area (Å²) in [4.78, 5) is 4.06. The molecule has 0 spiro atoms. The molecule has 0 unspecified atom stereocenters. The van der Waals surface area contributed by atoms with Crippen molar-refractivity contribution in [2.24, 2.45) is 5.84 Å². The number of oxazole rings is 1. The second kappa shape index (κ2) is 3.03. The molecule has 2 aromatic rings. The van der Waals surface area contributed by atoms with Gasteiger partial charge in [-0.15, -0.1) is 0 Å². The third-order valence-corrected chi connectivity index (χ3v) is 2.86. The van der Waals surface area contributed by atoms with E-state index in [9.17, 15) is 0 Å². The van der Waals surface area contributed by atoms with E-state index in [0.29, 0.717) is 13.2 Å². The lowest BCUT2D eigenvalue weighted by Crippen LogP contribution is -2.60. The van der Waals surface area contributed by atoms with Crippen LogP contribution in [-0.4, -0.2) is 18.2 Å². The van der Waals surface area contributed by atoms with Gasteiger partial charge in [-0.2, -0.15) is 0 Å². The summed E-state index contributed by atoms with van der Waals surface area (Å²) in [5, 5.41) is 0. The van der Waals surface area contributed by atoms with Crippen molar-refractivity contribution in [1.29, 1.82) is 0 Å². The van der Waals surface area contributed by atoms with Crippen LogP contribution in [0.4, 0.5) is 0 Å². The van der Waals surface area contributed by atoms with Gasteiger partial charge in [0.15, 0.2) is 12.0 Å². The van der Waals surface area contributed by atoms with E-state index in [-0.39, 0.29) is 5.54 Å². The Kier molecular flexibility index (Phi) is 1.79. The number of nitrogens with one attached hydrogen (secondary N) is 1. The van der Waals surface area contributed by atoms with E-state index < -0.39 is 0 Å². The van der Waals surface area contributed by atoms with Gasteiger partial charge in [0.2, 0.25) is 0 Å². The number of hydrogen-bond donors (Lipinski definition) is 2. The Labute approximate surface area is 86.2 Å². The van der Waals surface area contributed by atoms with Crippen LogP contribution in [0.1, 0.15) is 5.56 Å². The Balaban J connectivity index is 2.10. The van der Waals surface area contributed by atoms with Crippen molar-refractivity contribution in [3.05, 3.63) is 30.2 Å². The van der Waals surface area contributed by atoms with Gasteiger partial charge in [-0.3, -0.25) is 5.84 Å². The highest BCUT2D eigenvalue weighted by molar-refractivity contribution is 5.73. The topological polar surface area (TPSA) is 73.3 Å². The number of hydrogen-bond acceptors (Lipinski definition) is 5. The summed E-state index contributed by atoms with van der Waals surface area (Å²) in [5.41, 5.74) is 5.23. The van der Waals surface area contributed by atoms with E-state index in [1.165, 1.54) is 6.39 Å². The number of nitrogens with zero attached hydrogens (tertiary/aromatic N) is 1. The van der Waals surface area contributed by atoms with Crippen LogP contribution in [0.5, 0.6) is 0 Å². The molecule has 1 aromatic carbocycles. The minimum Gasteiger partial charge on any atom is -0.443 e. The third-order valence-electron chi connectivity index (χ3n) is 2.86. The zero-order valence-electron chi connectivity index (χ0n) is 8.06. The largest absolute Gasteiger partial charge is 0.443 e. The summed E-state index contributed by atoms with van der Waals surface area (Å²) in [5.74, 6) is 5.54. The molecule has 1 aliphatic rings. The lowest BCUT2D eigenvalue weighted by molar-refractivity contribution is -0.0786. The van der Waals surface area contributed by atoms with Crippen molar-refractivity contribution in [2.75, 3.05) is 13.2 Å². The first kappa shape index (κ1) is 8.84. The Morgan fingerprint density at radius 2 is 2.27 bits per heavy atom. The molecule has 0 aliphatic carbocycles. The van der Waals surface area contributed by atoms with E-state index in [0.717, 1.165) is 16.7 Å². The fraction of sp³-hybridized carbons (Fsp3) is 0.300. The van der Waals surface area contributed by atoms with Crippen molar-refractivity contribution < 1.29 is 9.15 Å². The molecule has 15 heavy (non-hydrogen) atoms. The number of benzene rings is 1. The van der Waals surface area contributed by atoms with Crippen molar-refractivity contribution in [1.82, 2.24) is 10.4 Å². The lowest BCUT2D eigenvalue weighted by atomic mass is 9.89. The van der Waals surface area contributed by atoms with Gasteiger partial charge in [-0.1, -0.05) is 6.07 Å². The number of aromatic nitrogens is 1. The van der Waals surface area contributed by atoms with Crippen molar-refractivity contribution in [3.8, 4) is 0 Å². The molecule has 3 N–H and O–H groups in total. The molecule has 5 heteroatoms. The van der Waals surface area contributed by atoms with Gasteiger partial charge in [0.25, 0.3) is 0 Å². The second-order valence-corrected chi connectivity index (χ2v) is 3.75. The average molecular weight is 205 g/mol. The molecule has 0 bridgehead atoms. The Morgan fingerprint density at radius 1 is 1.40 bits per heavy atom. The predicted octanol–water partition coefficient (Wildman–Crippen LogP) is 0.517. The molecule has 1 saturated heterocycles. The highest BCUT2D eigenvalue weighted by Gasteiger charge is 2.39. The van der Waals surface area contributed by atoms with Crippen LogP contribution >= 0.6 is 0 Å². The smallest absolute Gasteiger partial charge is 0.181 e. The minimum atomic E-state index is -0.263. The SMILES string of the molecule is NNC1(c2ccc3ncoc3c2)COC1. The van der Waals surface area contributed by atoms with E-state index in [1.807, 2.05) is 18.2 Å². The van der Waals surface area contributed by atoms with Gasteiger partial charge in [0, 0.05) is 0 Å². The molecule has 0 radical (unpaired) electrons. The Bertz CT molecular complexity index is 485. The molecule has 3 rings (SSSR count). The maximum absolute atomic E-state index is 5.54. The van der Waals surface area contributed by atoms with E-state index in [1.54, 1.807) is 0 Å². The van der Waals surface area contributed by atoms with E-state index >= 15 is 0 Å². The molecule has 0 saturated carbocycles. The summed E-state index contributed by atoms with van der Waals surface area (Å²) in [6.45, 7) is 1.17. The highest BCUT2D eigenvalue weighted by Crippen LogP contribution is 2.30. The van der Waals surface area contributed by atoms with Gasteiger partial charge < -0.3 is 9.15 Å².